The zero-order valence-corrected chi connectivity index (χ0v) is 19.6. The second kappa shape index (κ2) is 9.13. The molecular weight excluding hydrogens is 432 g/mol. The number of ether oxygens (including phenoxy) is 1. The van der Waals surface area contributed by atoms with Gasteiger partial charge in [0, 0.05) is 19.2 Å². The van der Waals surface area contributed by atoms with E-state index in [1.807, 2.05) is 87.5 Å². The lowest BCUT2D eigenvalue weighted by molar-refractivity contribution is -0.156. The minimum absolute atomic E-state index is 0.409. The molecule has 8 nitrogen and oxygen atoms in total. The lowest BCUT2D eigenvalue weighted by atomic mass is 9.81. The Bertz CT molecular complexity index is 1360. The number of rotatable bonds is 5. The number of aromatic amines is 1. The topological polar surface area (TPSA) is 98.5 Å². The molecule has 0 spiro atoms. The second-order valence-corrected chi connectivity index (χ2v) is 9.28. The summed E-state index contributed by atoms with van der Waals surface area (Å²) >= 11 is 0. The molecule has 0 amide bonds. The van der Waals surface area contributed by atoms with Crippen LogP contribution in [0.1, 0.15) is 49.4 Å². The van der Waals surface area contributed by atoms with Crippen LogP contribution >= 0.6 is 0 Å². The fraction of sp³-hybridized carbons (Fsp3) is 0.308. The van der Waals surface area contributed by atoms with Crippen molar-refractivity contribution in [2.24, 2.45) is 12.0 Å². The van der Waals surface area contributed by atoms with Gasteiger partial charge < -0.3 is 4.74 Å². The van der Waals surface area contributed by atoms with Gasteiger partial charge in [0.15, 0.2) is 6.04 Å². The first kappa shape index (κ1) is 23.2. The number of esters is 1. The highest BCUT2D eigenvalue weighted by Gasteiger charge is 2.36. The maximum Gasteiger partial charge on any atom is 0.347 e. The van der Waals surface area contributed by atoms with Crippen molar-refractivity contribution in [2.45, 2.75) is 44.4 Å². The van der Waals surface area contributed by atoms with Crippen LogP contribution in [0.2, 0.25) is 0 Å². The van der Waals surface area contributed by atoms with Gasteiger partial charge in [-0.1, -0.05) is 66.7 Å². The van der Waals surface area contributed by atoms with Gasteiger partial charge in [0.1, 0.15) is 5.60 Å². The number of hydrogen-bond donors (Lipinski definition) is 1. The molecular formula is C26H28N4O4. The fourth-order valence-corrected chi connectivity index (χ4v) is 4.05. The van der Waals surface area contributed by atoms with Crippen molar-refractivity contribution in [3.05, 3.63) is 104 Å². The van der Waals surface area contributed by atoms with Gasteiger partial charge in [-0.15, -0.1) is 0 Å². The fourth-order valence-electron chi connectivity index (χ4n) is 4.05. The predicted octanol–water partition coefficient (Wildman–Crippen LogP) is 2.95. The van der Waals surface area contributed by atoms with E-state index in [1.54, 1.807) is 6.21 Å². The van der Waals surface area contributed by atoms with Gasteiger partial charge >= 0.3 is 17.3 Å². The minimum Gasteiger partial charge on any atom is -0.458 e. The Morgan fingerprint density at radius 2 is 1.68 bits per heavy atom. The van der Waals surface area contributed by atoms with Crippen molar-refractivity contribution in [1.82, 2.24) is 14.3 Å². The number of benzene rings is 2. The van der Waals surface area contributed by atoms with Crippen LogP contribution in [-0.4, -0.2) is 38.2 Å². The first-order chi connectivity index (χ1) is 16.2. The predicted molar refractivity (Wildman–Crippen MR) is 130 cm³/mol. The zero-order valence-electron chi connectivity index (χ0n) is 19.6. The molecule has 0 saturated heterocycles. The van der Waals surface area contributed by atoms with Gasteiger partial charge in [0.25, 0.3) is 0 Å². The third kappa shape index (κ3) is 4.71. The molecule has 1 aliphatic carbocycles. The number of allylic oxidation sites excluding steroid dienone is 1. The number of hydrogen-bond acceptors (Lipinski definition) is 5. The lowest BCUT2D eigenvalue weighted by Crippen LogP contribution is -2.36. The molecule has 3 atom stereocenters. The Labute approximate surface area is 197 Å². The van der Waals surface area contributed by atoms with Crippen molar-refractivity contribution in [1.29, 1.82) is 0 Å². The van der Waals surface area contributed by atoms with Crippen molar-refractivity contribution < 1.29 is 9.53 Å². The maximum atomic E-state index is 13.3. The Morgan fingerprint density at radius 1 is 1.03 bits per heavy atom. The van der Waals surface area contributed by atoms with E-state index in [-0.39, 0.29) is 0 Å². The van der Waals surface area contributed by atoms with Crippen molar-refractivity contribution in [3.63, 3.8) is 0 Å². The van der Waals surface area contributed by atoms with E-state index in [0.717, 1.165) is 21.3 Å². The van der Waals surface area contributed by atoms with Gasteiger partial charge in [0.2, 0.25) is 0 Å². The molecule has 0 bridgehead atoms. The van der Waals surface area contributed by atoms with E-state index in [2.05, 4.69) is 10.1 Å². The standard InChI is InChI=1S/C26H28N4O4/c1-26(2,3)34-23(31)22(27-16-17-10-6-5-7-11-17)20-14-15-21(19-13-9-8-12-18(19)20)30-25(33)29(4)24(32)28-30/h5-16,20-22H,1-4H3,(H,28,32)/t20-,21+,22?/m0/s1. The minimum atomic E-state index is -0.829. The summed E-state index contributed by atoms with van der Waals surface area (Å²) in [4.78, 5) is 42.5. The number of carbonyl (C=O) groups excluding carboxylic acids is 1. The Morgan fingerprint density at radius 3 is 2.29 bits per heavy atom. The van der Waals surface area contributed by atoms with E-state index < -0.39 is 41.0 Å². The Balaban J connectivity index is 1.78. The van der Waals surface area contributed by atoms with Gasteiger partial charge in [0.05, 0.1) is 6.04 Å². The van der Waals surface area contributed by atoms with Crippen LogP contribution in [0.15, 0.2) is 81.3 Å². The molecule has 1 unspecified atom stereocenters. The van der Waals surface area contributed by atoms with Crippen molar-refractivity contribution >= 4 is 12.2 Å². The summed E-state index contributed by atoms with van der Waals surface area (Å²) in [5, 5.41) is 2.61. The van der Waals surface area contributed by atoms with Crippen LogP contribution in [0.25, 0.3) is 0 Å². The van der Waals surface area contributed by atoms with E-state index in [0.29, 0.717) is 0 Å². The average Bonchev–Trinajstić information content (AvgIpc) is 3.06. The molecule has 0 fully saturated rings. The van der Waals surface area contributed by atoms with Crippen molar-refractivity contribution in [3.8, 4) is 0 Å². The molecule has 4 rings (SSSR count). The number of aliphatic imine (C=N–C) groups is 1. The summed E-state index contributed by atoms with van der Waals surface area (Å²) in [6, 6.07) is 15.8. The summed E-state index contributed by atoms with van der Waals surface area (Å²) in [6.07, 6.45) is 5.36. The number of aromatic nitrogens is 3. The summed E-state index contributed by atoms with van der Waals surface area (Å²) in [7, 11) is 1.43. The largest absolute Gasteiger partial charge is 0.458 e. The molecule has 1 N–H and O–H groups in total. The molecule has 1 aromatic heterocycles. The molecule has 3 aromatic rings. The number of carbonyl (C=O) groups is 1. The van der Waals surface area contributed by atoms with E-state index in [4.69, 9.17) is 4.74 Å². The summed E-state index contributed by atoms with van der Waals surface area (Å²) in [6.45, 7) is 5.46. The normalized spacial score (nSPS) is 18.6. The summed E-state index contributed by atoms with van der Waals surface area (Å²) in [5.74, 6) is -0.846. The highest BCUT2D eigenvalue weighted by atomic mass is 16.6. The average molecular weight is 461 g/mol. The van der Waals surface area contributed by atoms with Crippen LogP contribution in [0.4, 0.5) is 0 Å². The number of fused-ring (bicyclic) bond motifs is 1. The van der Waals surface area contributed by atoms with Crippen molar-refractivity contribution in [2.75, 3.05) is 0 Å². The molecule has 0 aliphatic heterocycles. The van der Waals surface area contributed by atoms with E-state index >= 15 is 0 Å². The number of H-pyrrole nitrogens is 1. The SMILES string of the molecule is Cn1c(=O)[nH]n([C@@H]2C=C[C@H](C(N=Cc3ccccc3)C(=O)OC(C)(C)C)c3ccccc32)c1=O. The molecule has 8 heteroatoms. The number of nitrogens with one attached hydrogen (secondary N) is 1. The molecule has 0 radical (unpaired) electrons. The Kier molecular flexibility index (Phi) is 6.24. The van der Waals surface area contributed by atoms with Crippen LogP contribution in [-0.2, 0) is 16.6 Å². The smallest absolute Gasteiger partial charge is 0.347 e. The first-order valence-electron chi connectivity index (χ1n) is 11.1. The van der Waals surface area contributed by atoms with E-state index in [1.165, 1.54) is 11.7 Å². The maximum absolute atomic E-state index is 13.3. The monoisotopic (exact) mass is 460 g/mol. The quantitative estimate of drug-likeness (QED) is 0.360. The van der Waals surface area contributed by atoms with Crippen LogP contribution in [0.3, 0.4) is 0 Å². The number of nitrogens with zero attached hydrogens (tertiary/aromatic N) is 3. The third-order valence-electron chi connectivity index (χ3n) is 5.64. The van der Waals surface area contributed by atoms with Crippen LogP contribution < -0.4 is 11.4 Å². The van der Waals surface area contributed by atoms with E-state index in [9.17, 15) is 14.4 Å². The van der Waals surface area contributed by atoms with Gasteiger partial charge in [-0.3, -0.25) is 4.99 Å². The van der Waals surface area contributed by atoms with Crippen LogP contribution in [0.5, 0.6) is 0 Å². The van der Waals surface area contributed by atoms with Gasteiger partial charge in [-0.2, -0.15) is 0 Å². The van der Waals surface area contributed by atoms with Gasteiger partial charge in [-0.25, -0.2) is 28.7 Å². The summed E-state index contributed by atoms with van der Waals surface area (Å²) in [5.41, 5.74) is 0.913. The highest BCUT2D eigenvalue weighted by molar-refractivity contribution is 5.85. The molecule has 176 valence electrons. The molecule has 1 heterocycles. The lowest BCUT2D eigenvalue weighted by Gasteiger charge is -2.31. The van der Waals surface area contributed by atoms with Gasteiger partial charge in [-0.05, 0) is 37.5 Å². The third-order valence-corrected chi connectivity index (χ3v) is 5.64. The first-order valence-corrected chi connectivity index (χ1v) is 11.1. The molecule has 1 aliphatic rings. The molecule has 34 heavy (non-hydrogen) atoms. The Hall–Kier alpha value is -3.94. The highest BCUT2D eigenvalue weighted by Crippen LogP contribution is 2.37. The second-order valence-electron chi connectivity index (χ2n) is 9.28. The zero-order chi connectivity index (χ0) is 24.5. The molecule has 2 aromatic carbocycles. The molecule has 0 saturated carbocycles. The summed E-state index contributed by atoms with van der Waals surface area (Å²) < 4.78 is 8.03. The van der Waals surface area contributed by atoms with Crippen LogP contribution in [0, 0.1) is 0 Å².